The van der Waals surface area contributed by atoms with Gasteiger partial charge in [-0.15, -0.1) is 29.1 Å². The second kappa shape index (κ2) is 5.99. The van der Waals surface area contributed by atoms with Crippen LogP contribution in [0.1, 0.15) is 26.7 Å². The van der Waals surface area contributed by atoms with Gasteiger partial charge in [-0.2, -0.15) is 0 Å². The van der Waals surface area contributed by atoms with Crippen LogP contribution in [-0.2, 0) is 9.47 Å². The third-order valence-corrected chi connectivity index (χ3v) is 7.09. The molecule has 22 heavy (non-hydrogen) atoms. The molecule has 1 fully saturated rings. The summed E-state index contributed by atoms with van der Waals surface area (Å²) in [5.74, 6) is 4.81. The van der Waals surface area contributed by atoms with E-state index < -0.39 is 15.5 Å². The summed E-state index contributed by atoms with van der Waals surface area (Å²) in [6.45, 7) is 3.94. The van der Waals surface area contributed by atoms with Gasteiger partial charge in [-0.3, -0.25) is 0 Å². The van der Waals surface area contributed by atoms with Crippen molar-refractivity contribution in [2.24, 2.45) is 5.92 Å². The molecule has 0 saturated heterocycles. The molecule has 0 unspecified atom stereocenters. The van der Waals surface area contributed by atoms with Gasteiger partial charge in [0.1, 0.15) is 9.75 Å². The number of hydrogen-bond acceptors (Lipinski definition) is 2. The van der Waals surface area contributed by atoms with Crippen molar-refractivity contribution in [3.63, 3.8) is 0 Å². The van der Waals surface area contributed by atoms with Crippen molar-refractivity contribution in [1.82, 2.24) is 0 Å². The smallest absolute Gasteiger partial charge is 0.217 e. The van der Waals surface area contributed by atoms with Crippen LogP contribution in [0.5, 0.6) is 0 Å². The third kappa shape index (κ3) is 2.37. The van der Waals surface area contributed by atoms with Crippen LogP contribution in [0.15, 0.2) is 10.1 Å². The highest BCUT2D eigenvalue weighted by Gasteiger charge is 2.80. The SMILES string of the molecule is COC1(OC)[C@@]2(Cl)C[C@@H](CC#CC(C)(C)Br)[C@]1(Cl)C(Cl)=C2Cl. The zero-order chi connectivity index (χ0) is 17.0. The Morgan fingerprint density at radius 3 is 2.18 bits per heavy atom. The molecular formula is C15H17BrCl4O2. The van der Waals surface area contributed by atoms with Crippen LogP contribution >= 0.6 is 62.3 Å². The van der Waals surface area contributed by atoms with Gasteiger partial charge in [-0.1, -0.05) is 45.1 Å². The van der Waals surface area contributed by atoms with Crippen LogP contribution in [-0.4, -0.2) is 34.1 Å². The maximum absolute atomic E-state index is 6.88. The summed E-state index contributed by atoms with van der Waals surface area (Å²) in [6.07, 6.45) is 0.994. The van der Waals surface area contributed by atoms with Gasteiger partial charge in [-0.05, 0) is 20.3 Å². The summed E-state index contributed by atoms with van der Waals surface area (Å²) >= 11 is 29.9. The first-order chi connectivity index (χ1) is 10.00. The Balaban J connectivity index is 2.45. The van der Waals surface area contributed by atoms with Crippen molar-refractivity contribution < 1.29 is 9.47 Å². The number of alkyl halides is 3. The lowest BCUT2D eigenvalue weighted by Crippen LogP contribution is -2.56. The molecule has 0 aromatic carbocycles. The molecule has 0 amide bonds. The van der Waals surface area contributed by atoms with Crippen LogP contribution in [0.2, 0.25) is 0 Å². The first kappa shape index (κ1) is 19.2. The Bertz CT molecular complexity index is 570. The molecule has 124 valence electrons. The van der Waals surface area contributed by atoms with E-state index in [0.29, 0.717) is 17.9 Å². The lowest BCUT2D eigenvalue weighted by molar-refractivity contribution is -0.218. The quantitative estimate of drug-likeness (QED) is 0.333. The summed E-state index contributed by atoms with van der Waals surface area (Å²) in [4.78, 5) is -2.25. The predicted octanol–water partition coefficient (Wildman–Crippen LogP) is 5.22. The first-order valence-electron chi connectivity index (χ1n) is 6.73. The topological polar surface area (TPSA) is 18.5 Å². The van der Waals surface area contributed by atoms with E-state index >= 15 is 0 Å². The predicted molar refractivity (Wildman–Crippen MR) is 96.2 cm³/mol. The fraction of sp³-hybridized carbons (Fsp3) is 0.733. The summed E-state index contributed by atoms with van der Waals surface area (Å²) < 4.78 is 10.9. The highest BCUT2D eigenvalue weighted by atomic mass is 79.9. The van der Waals surface area contributed by atoms with Crippen molar-refractivity contribution in [3.05, 3.63) is 10.1 Å². The molecule has 0 N–H and O–H groups in total. The Hall–Kier alpha value is 0.860. The number of fused-ring (bicyclic) bond motifs is 2. The van der Waals surface area contributed by atoms with E-state index in [2.05, 4.69) is 27.8 Å². The zero-order valence-corrected chi connectivity index (χ0v) is 17.3. The number of hydrogen-bond donors (Lipinski definition) is 0. The number of ether oxygens (including phenoxy) is 2. The minimum Gasteiger partial charge on any atom is -0.350 e. The van der Waals surface area contributed by atoms with Crippen LogP contribution in [0.3, 0.4) is 0 Å². The monoisotopic (exact) mass is 448 g/mol. The molecule has 7 heteroatoms. The van der Waals surface area contributed by atoms with Gasteiger partial charge in [0.2, 0.25) is 5.79 Å². The molecule has 0 radical (unpaired) electrons. The van der Waals surface area contributed by atoms with E-state index in [-0.39, 0.29) is 15.3 Å². The molecule has 0 spiro atoms. The second-order valence-corrected chi connectivity index (χ2v) is 10.0. The number of halogens is 5. The summed E-state index contributed by atoms with van der Waals surface area (Å²) in [6, 6.07) is 0. The van der Waals surface area contributed by atoms with Gasteiger partial charge in [0.05, 0.1) is 14.4 Å². The van der Waals surface area contributed by atoms with E-state index in [0.717, 1.165) is 0 Å². The van der Waals surface area contributed by atoms with Crippen molar-refractivity contribution in [1.29, 1.82) is 0 Å². The highest BCUT2D eigenvalue weighted by Crippen LogP contribution is 2.72. The molecule has 1 saturated carbocycles. The lowest BCUT2D eigenvalue weighted by atomic mass is 9.88. The largest absolute Gasteiger partial charge is 0.350 e. The fourth-order valence-electron chi connectivity index (χ4n) is 3.36. The van der Waals surface area contributed by atoms with E-state index in [1.54, 1.807) is 0 Å². The Labute approximate surface area is 159 Å². The van der Waals surface area contributed by atoms with Gasteiger partial charge in [-0.25, -0.2) is 0 Å². The molecule has 0 heterocycles. The average Bonchev–Trinajstić information content (AvgIpc) is 2.69. The Kier molecular flexibility index (Phi) is 5.22. The molecule has 2 aliphatic rings. The summed E-state index contributed by atoms with van der Waals surface area (Å²) in [7, 11) is 2.99. The van der Waals surface area contributed by atoms with Crippen molar-refractivity contribution >= 4 is 62.3 Å². The first-order valence-corrected chi connectivity index (χ1v) is 9.04. The summed E-state index contributed by atoms with van der Waals surface area (Å²) in [5.41, 5.74) is 0. The Morgan fingerprint density at radius 2 is 1.77 bits per heavy atom. The van der Waals surface area contributed by atoms with Crippen molar-refractivity contribution in [3.8, 4) is 11.8 Å². The van der Waals surface area contributed by atoms with Crippen LogP contribution in [0.4, 0.5) is 0 Å². The summed E-state index contributed by atoms with van der Waals surface area (Å²) in [5, 5.41) is 0.574. The maximum Gasteiger partial charge on any atom is 0.217 e. The average molecular weight is 451 g/mol. The standard InChI is InChI=1S/C15H17BrCl4O2/c1-12(2,16)7-5-6-9-8-13(19)10(17)11(18)14(9,20)15(13,21-3)22-4/h9H,6,8H2,1-4H3/t9-,13-,14+/m1/s1. The molecule has 0 aliphatic heterocycles. The molecular weight excluding hydrogens is 434 g/mol. The molecule has 2 aliphatic carbocycles. The molecule has 2 rings (SSSR count). The minimum absolute atomic E-state index is 0.135. The maximum atomic E-state index is 6.88. The molecule has 2 bridgehead atoms. The van der Waals surface area contributed by atoms with E-state index in [1.807, 2.05) is 13.8 Å². The van der Waals surface area contributed by atoms with Gasteiger partial charge in [0.25, 0.3) is 0 Å². The van der Waals surface area contributed by atoms with Crippen LogP contribution in [0.25, 0.3) is 0 Å². The van der Waals surface area contributed by atoms with E-state index in [9.17, 15) is 0 Å². The van der Waals surface area contributed by atoms with Gasteiger partial charge >= 0.3 is 0 Å². The fourth-order valence-corrected chi connectivity index (χ4v) is 5.59. The molecule has 2 nitrogen and oxygen atoms in total. The van der Waals surface area contributed by atoms with Gasteiger partial charge in [0, 0.05) is 26.6 Å². The zero-order valence-electron chi connectivity index (χ0n) is 12.7. The molecule has 0 aromatic rings. The third-order valence-electron chi connectivity index (χ3n) is 4.26. The van der Waals surface area contributed by atoms with E-state index in [4.69, 9.17) is 55.9 Å². The minimum atomic E-state index is -1.31. The van der Waals surface area contributed by atoms with Gasteiger partial charge in [0.15, 0.2) is 0 Å². The molecule has 3 atom stereocenters. The normalized spacial score (nSPS) is 36.5. The highest BCUT2D eigenvalue weighted by molar-refractivity contribution is 9.10. The van der Waals surface area contributed by atoms with Crippen LogP contribution in [0, 0.1) is 17.8 Å². The number of methoxy groups -OCH3 is 2. The van der Waals surface area contributed by atoms with E-state index in [1.165, 1.54) is 14.2 Å². The Morgan fingerprint density at radius 1 is 1.23 bits per heavy atom. The van der Waals surface area contributed by atoms with Gasteiger partial charge < -0.3 is 9.47 Å². The molecule has 0 aromatic heterocycles. The van der Waals surface area contributed by atoms with Crippen LogP contribution < -0.4 is 0 Å². The second-order valence-electron chi connectivity index (χ2n) is 6.05. The number of rotatable bonds is 3. The van der Waals surface area contributed by atoms with Crippen molar-refractivity contribution in [2.75, 3.05) is 14.2 Å². The van der Waals surface area contributed by atoms with Crippen molar-refractivity contribution in [2.45, 2.75) is 46.5 Å². The lowest BCUT2D eigenvalue weighted by Gasteiger charge is -2.41.